The maximum Gasteiger partial charge on any atom is 0.435 e. The van der Waals surface area contributed by atoms with Gasteiger partial charge in [-0.1, -0.05) is 20.3 Å². The van der Waals surface area contributed by atoms with E-state index in [0.717, 1.165) is 12.5 Å². The lowest BCUT2D eigenvalue weighted by atomic mass is 10.1. The van der Waals surface area contributed by atoms with Crippen LogP contribution in [-0.4, -0.2) is 16.8 Å². The summed E-state index contributed by atoms with van der Waals surface area (Å²) < 4.78 is 42.0. The number of alkyl halides is 3. The van der Waals surface area contributed by atoms with Crippen LogP contribution in [0.4, 0.5) is 13.2 Å². The van der Waals surface area contributed by atoms with Gasteiger partial charge in [-0.25, -0.2) is 0 Å². The van der Waals surface area contributed by atoms with Crippen molar-refractivity contribution in [3.8, 4) is 5.75 Å². The summed E-state index contributed by atoms with van der Waals surface area (Å²) in [6, 6.07) is 0.857. The van der Waals surface area contributed by atoms with E-state index in [0.29, 0.717) is 12.5 Å². The molecule has 0 fully saturated rings. The lowest BCUT2D eigenvalue weighted by Crippen LogP contribution is -2.11. The lowest BCUT2D eigenvalue weighted by Gasteiger charge is -2.11. The molecule has 1 unspecified atom stereocenters. The van der Waals surface area contributed by atoms with Crippen molar-refractivity contribution in [2.24, 2.45) is 5.92 Å². The van der Waals surface area contributed by atoms with E-state index in [1.165, 1.54) is 6.20 Å². The monoisotopic (exact) mass is 234 g/mol. The first-order valence-corrected chi connectivity index (χ1v) is 4.96. The SMILES string of the molecule is CCC(C)COc1cnnc(C(F)(F)F)c1. The van der Waals surface area contributed by atoms with Crippen molar-refractivity contribution in [2.75, 3.05) is 6.61 Å². The van der Waals surface area contributed by atoms with Crippen molar-refractivity contribution in [3.05, 3.63) is 18.0 Å². The molecule has 0 saturated heterocycles. The topological polar surface area (TPSA) is 35.0 Å². The Morgan fingerprint density at radius 2 is 2.12 bits per heavy atom. The van der Waals surface area contributed by atoms with Crippen molar-refractivity contribution in [1.29, 1.82) is 0 Å². The summed E-state index contributed by atoms with van der Waals surface area (Å²) in [6.07, 6.45) is -2.40. The highest BCUT2D eigenvalue weighted by Gasteiger charge is 2.33. The second-order valence-corrected chi connectivity index (χ2v) is 3.60. The zero-order chi connectivity index (χ0) is 12.2. The van der Waals surface area contributed by atoms with Crippen LogP contribution in [0.3, 0.4) is 0 Å². The molecule has 1 aromatic heterocycles. The summed E-state index contributed by atoms with van der Waals surface area (Å²) in [5, 5.41) is 6.26. The van der Waals surface area contributed by atoms with Gasteiger partial charge in [0.25, 0.3) is 0 Å². The summed E-state index contributed by atoms with van der Waals surface area (Å²) in [5.74, 6) is 0.394. The fraction of sp³-hybridized carbons (Fsp3) is 0.600. The van der Waals surface area contributed by atoms with Crippen molar-refractivity contribution in [1.82, 2.24) is 10.2 Å². The smallest absolute Gasteiger partial charge is 0.435 e. The van der Waals surface area contributed by atoms with Crippen LogP contribution < -0.4 is 4.74 Å². The number of hydrogen-bond donors (Lipinski definition) is 0. The predicted molar refractivity (Wildman–Crippen MR) is 52.0 cm³/mol. The van der Waals surface area contributed by atoms with Gasteiger partial charge in [0.05, 0.1) is 12.8 Å². The molecule has 1 heterocycles. The molecule has 16 heavy (non-hydrogen) atoms. The van der Waals surface area contributed by atoms with E-state index in [1.54, 1.807) is 0 Å². The number of rotatable bonds is 4. The molecule has 0 radical (unpaired) electrons. The Hall–Kier alpha value is -1.33. The van der Waals surface area contributed by atoms with Crippen molar-refractivity contribution >= 4 is 0 Å². The molecule has 0 bridgehead atoms. The molecule has 0 aromatic carbocycles. The lowest BCUT2D eigenvalue weighted by molar-refractivity contribution is -0.141. The average molecular weight is 234 g/mol. The first-order valence-electron chi connectivity index (χ1n) is 4.96. The summed E-state index contributed by atoms with van der Waals surface area (Å²) in [4.78, 5) is 0. The molecule has 0 aliphatic rings. The zero-order valence-corrected chi connectivity index (χ0v) is 9.08. The minimum absolute atomic E-state index is 0.0997. The van der Waals surface area contributed by atoms with Gasteiger partial charge in [0.15, 0.2) is 5.69 Å². The second kappa shape index (κ2) is 5.14. The van der Waals surface area contributed by atoms with Gasteiger partial charge in [-0.15, -0.1) is 5.10 Å². The van der Waals surface area contributed by atoms with Gasteiger partial charge in [0, 0.05) is 6.07 Å². The van der Waals surface area contributed by atoms with Gasteiger partial charge in [-0.3, -0.25) is 0 Å². The van der Waals surface area contributed by atoms with Gasteiger partial charge < -0.3 is 4.74 Å². The Balaban J connectivity index is 2.68. The largest absolute Gasteiger partial charge is 0.492 e. The summed E-state index contributed by atoms with van der Waals surface area (Å²) >= 11 is 0. The van der Waals surface area contributed by atoms with Crippen LogP contribution in [0.15, 0.2) is 12.3 Å². The third-order valence-corrected chi connectivity index (χ3v) is 2.15. The van der Waals surface area contributed by atoms with Crippen LogP contribution in [0.25, 0.3) is 0 Å². The Morgan fingerprint density at radius 3 is 2.69 bits per heavy atom. The molecule has 1 rings (SSSR count). The normalized spacial score (nSPS) is 13.6. The van der Waals surface area contributed by atoms with Crippen LogP contribution in [0.5, 0.6) is 5.75 Å². The highest BCUT2D eigenvalue weighted by atomic mass is 19.4. The molecule has 0 N–H and O–H groups in total. The van der Waals surface area contributed by atoms with E-state index in [-0.39, 0.29) is 5.75 Å². The molecule has 90 valence electrons. The van der Waals surface area contributed by atoms with Gasteiger partial charge in [-0.2, -0.15) is 18.3 Å². The van der Waals surface area contributed by atoms with Gasteiger partial charge in [-0.05, 0) is 5.92 Å². The first kappa shape index (κ1) is 12.7. The van der Waals surface area contributed by atoms with E-state index in [9.17, 15) is 13.2 Å². The fourth-order valence-corrected chi connectivity index (χ4v) is 0.923. The van der Waals surface area contributed by atoms with Gasteiger partial charge in [0.2, 0.25) is 0 Å². The van der Waals surface area contributed by atoms with E-state index in [4.69, 9.17) is 4.74 Å². The summed E-state index contributed by atoms with van der Waals surface area (Å²) in [7, 11) is 0. The van der Waals surface area contributed by atoms with Crippen LogP contribution in [0.2, 0.25) is 0 Å². The highest BCUT2D eigenvalue weighted by Crippen LogP contribution is 2.28. The first-order chi connectivity index (χ1) is 7.43. The quantitative estimate of drug-likeness (QED) is 0.803. The zero-order valence-electron chi connectivity index (χ0n) is 9.08. The Kier molecular flexibility index (Phi) is 4.09. The molecular formula is C10H13F3N2O. The molecule has 1 atom stereocenters. The Labute approximate surface area is 91.6 Å². The molecule has 0 spiro atoms. The van der Waals surface area contributed by atoms with E-state index in [1.807, 2.05) is 13.8 Å². The second-order valence-electron chi connectivity index (χ2n) is 3.60. The van der Waals surface area contributed by atoms with Crippen LogP contribution >= 0.6 is 0 Å². The van der Waals surface area contributed by atoms with Gasteiger partial charge in [0.1, 0.15) is 5.75 Å². The van der Waals surface area contributed by atoms with Crippen molar-refractivity contribution in [3.63, 3.8) is 0 Å². The molecule has 1 aromatic rings. The molecule has 0 aliphatic heterocycles. The highest BCUT2D eigenvalue weighted by molar-refractivity contribution is 5.20. The number of ether oxygens (including phenoxy) is 1. The number of nitrogens with zero attached hydrogens (tertiary/aromatic N) is 2. The van der Waals surface area contributed by atoms with Crippen LogP contribution in [0, 0.1) is 5.92 Å². The third-order valence-electron chi connectivity index (χ3n) is 2.15. The third kappa shape index (κ3) is 3.67. The molecule has 0 saturated carbocycles. The molecule has 6 heteroatoms. The summed E-state index contributed by atoms with van der Waals surface area (Å²) in [6.45, 7) is 4.32. The number of hydrogen-bond acceptors (Lipinski definition) is 3. The minimum atomic E-state index is -4.48. The molecule has 3 nitrogen and oxygen atoms in total. The number of aromatic nitrogens is 2. The van der Waals surface area contributed by atoms with E-state index in [2.05, 4.69) is 10.2 Å². The molecule has 0 amide bonds. The predicted octanol–water partition coefficient (Wildman–Crippen LogP) is 2.92. The van der Waals surface area contributed by atoms with Crippen LogP contribution in [0.1, 0.15) is 26.0 Å². The molecular weight excluding hydrogens is 221 g/mol. The summed E-state index contributed by atoms with van der Waals surface area (Å²) in [5.41, 5.74) is -1.03. The van der Waals surface area contributed by atoms with Crippen molar-refractivity contribution in [2.45, 2.75) is 26.4 Å². The van der Waals surface area contributed by atoms with E-state index >= 15 is 0 Å². The minimum Gasteiger partial charge on any atom is -0.492 e. The van der Waals surface area contributed by atoms with E-state index < -0.39 is 11.9 Å². The fourth-order valence-electron chi connectivity index (χ4n) is 0.923. The Morgan fingerprint density at radius 1 is 1.44 bits per heavy atom. The molecule has 0 aliphatic carbocycles. The van der Waals surface area contributed by atoms with Crippen LogP contribution in [-0.2, 0) is 6.18 Å². The average Bonchev–Trinajstić information content (AvgIpc) is 2.25. The van der Waals surface area contributed by atoms with Gasteiger partial charge >= 0.3 is 6.18 Å². The number of halogens is 3. The Bertz CT molecular complexity index is 341. The van der Waals surface area contributed by atoms with Crippen molar-refractivity contribution < 1.29 is 17.9 Å². The maximum absolute atomic E-state index is 12.3. The maximum atomic E-state index is 12.3. The standard InChI is InChI=1S/C10H13F3N2O/c1-3-7(2)6-16-8-4-9(10(11,12)13)15-14-5-8/h4-5,7H,3,6H2,1-2H3.